The van der Waals surface area contributed by atoms with Gasteiger partial charge in [-0.1, -0.05) is 50.8 Å². The summed E-state index contributed by atoms with van der Waals surface area (Å²) < 4.78 is 5.38. The van der Waals surface area contributed by atoms with Gasteiger partial charge in [0.15, 0.2) is 0 Å². The van der Waals surface area contributed by atoms with Crippen LogP contribution in [-0.2, 0) is 0 Å². The third-order valence-corrected chi connectivity index (χ3v) is 3.47. The Hall–Kier alpha value is -2.88. The topological polar surface area (TPSA) is 50.7 Å². The molecule has 0 bridgehead atoms. The van der Waals surface area contributed by atoms with Gasteiger partial charge in [0.25, 0.3) is 5.91 Å². The number of ether oxygens (including phenoxy) is 1. The largest absolute Gasteiger partial charge is 0.490 e. The van der Waals surface area contributed by atoms with E-state index < -0.39 is 0 Å². The summed E-state index contributed by atoms with van der Waals surface area (Å²) >= 11 is 0. The Balaban J connectivity index is 1.91. The van der Waals surface area contributed by atoms with Crippen LogP contribution in [0.3, 0.4) is 0 Å². The van der Waals surface area contributed by atoms with Gasteiger partial charge in [0.05, 0.1) is 6.21 Å². The Kier molecular flexibility index (Phi) is 6.32. The Morgan fingerprint density at radius 1 is 1.17 bits per heavy atom. The zero-order valence-corrected chi connectivity index (χ0v) is 14.0. The lowest BCUT2D eigenvalue weighted by Crippen LogP contribution is -2.17. The van der Waals surface area contributed by atoms with Crippen LogP contribution < -0.4 is 10.2 Å². The summed E-state index contributed by atoms with van der Waals surface area (Å²) in [7, 11) is 0. The highest BCUT2D eigenvalue weighted by Crippen LogP contribution is 2.14. The van der Waals surface area contributed by atoms with E-state index in [2.05, 4.69) is 43.1 Å². The van der Waals surface area contributed by atoms with Gasteiger partial charge >= 0.3 is 0 Å². The second-order valence-electron chi connectivity index (χ2n) is 5.64. The van der Waals surface area contributed by atoms with Crippen LogP contribution >= 0.6 is 0 Å². The van der Waals surface area contributed by atoms with Crippen molar-refractivity contribution in [2.45, 2.75) is 19.8 Å². The van der Waals surface area contributed by atoms with Crippen LogP contribution in [0, 0.1) is 0 Å². The monoisotopic (exact) mass is 322 g/mol. The van der Waals surface area contributed by atoms with Crippen LogP contribution in [0.5, 0.6) is 5.75 Å². The van der Waals surface area contributed by atoms with E-state index >= 15 is 0 Å². The highest BCUT2D eigenvalue weighted by molar-refractivity contribution is 5.95. The zero-order valence-electron chi connectivity index (χ0n) is 14.0. The molecule has 2 aromatic rings. The summed E-state index contributed by atoms with van der Waals surface area (Å²) in [5.74, 6) is 0.926. The molecule has 2 rings (SSSR count). The fraction of sp³-hybridized carbons (Fsp3) is 0.200. The fourth-order valence-electron chi connectivity index (χ4n) is 2.05. The second-order valence-corrected chi connectivity index (χ2v) is 5.64. The maximum absolute atomic E-state index is 12.0. The molecule has 2 aromatic carbocycles. The lowest BCUT2D eigenvalue weighted by Gasteiger charge is -2.05. The van der Waals surface area contributed by atoms with E-state index in [1.54, 1.807) is 36.6 Å². The van der Waals surface area contributed by atoms with Crippen LogP contribution in [0.4, 0.5) is 0 Å². The van der Waals surface area contributed by atoms with Crippen LogP contribution in [-0.4, -0.2) is 18.7 Å². The smallest absolute Gasteiger partial charge is 0.271 e. The predicted molar refractivity (Wildman–Crippen MR) is 97.7 cm³/mol. The van der Waals surface area contributed by atoms with Gasteiger partial charge in [0.2, 0.25) is 0 Å². The number of carbonyl (C=O) groups is 1. The van der Waals surface area contributed by atoms with Gasteiger partial charge in [0, 0.05) is 5.56 Å². The van der Waals surface area contributed by atoms with Crippen LogP contribution in [0.2, 0.25) is 0 Å². The standard InChI is InChI=1S/C20H22N2O2/c1-4-13-24-19-11-9-18(10-12-19)20(23)22-21-14-16-5-7-17(8-6-16)15(2)3/h4-12,14-15H,1,13H2,2-3H3,(H,22,23)/b21-14+. The number of hydrazone groups is 1. The maximum atomic E-state index is 12.0. The lowest BCUT2D eigenvalue weighted by atomic mass is 10.0. The first-order valence-corrected chi connectivity index (χ1v) is 7.87. The van der Waals surface area contributed by atoms with E-state index in [9.17, 15) is 4.79 Å². The van der Waals surface area contributed by atoms with Crippen molar-refractivity contribution < 1.29 is 9.53 Å². The van der Waals surface area contributed by atoms with Crippen molar-refractivity contribution in [2.24, 2.45) is 5.10 Å². The summed E-state index contributed by atoms with van der Waals surface area (Å²) in [4.78, 5) is 12.0. The molecule has 0 radical (unpaired) electrons. The van der Waals surface area contributed by atoms with E-state index in [0.717, 1.165) is 5.56 Å². The van der Waals surface area contributed by atoms with Crippen molar-refractivity contribution in [1.29, 1.82) is 0 Å². The SMILES string of the molecule is C=CCOc1ccc(C(=O)N/N=C/c2ccc(C(C)C)cc2)cc1. The van der Waals surface area contributed by atoms with Crippen LogP contribution in [0.1, 0.15) is 41.3 Å². The number of carbonyl (C=O) groups excluding carboxylic acids is 1. The second kappa shape index (κ2) is 8.67. The molecule has 0 aliphatic heterocycles. The van der Waals surface area contributed by atoms with E-state index in [1.165, 1.54) is 5.56 Å². The molecule has 124 valence electrons. The van der Waals surface area contributed by atoms with Crippen LogP contribution in [0.15, 0.2) is 66.3 Å². The molecule has 1 N–H and O–H groups in total. The van der Waals surface area contributed by atoms with Crippen molar-refractivity contribution in [3.63, 3.8) is 0 Å². The third kappa shape index (κ3) is 5.09. The minimum absolute atomic E-state index is 0.264. The molecule has 0 fully saturated rings. The molecule has 0 aliphatic carbocycles. The molecule has 24 heavy (non-hydrogen) atoms. The Bertz CT molecular complexity index is 701. The summed E-state index contributed by atoms with van der Waals surface area (Å²) in [5, 5.41) is 4.00. The highest BCUT2D eigenvalue weighted by Gasteiger charge is 2.04. The molecule has 0 aromatic heterocycles. The molecule has 4 nitrogen and oxygen atoms in total. The van der Waals surface area contributed by atoms with Gasteiger partial charge in [-0.15, -0.1) is 0 Å². The maximum Gasteiger partial charge on any atom is 0.271 e. The number of amides is 1. The normalized spacial score (nSPS) is 10.8. The van der Waals surface area contributed by atoms with Gasteiger partial charge in [-0.05, 0) is 41.3 Å². The van der Waals surface area contributed by atoms with Crippen LogP contribution in [0.25, 0.3) is 0 Å². The van der Waals surface area contributed by atoms with Gasteiger partial charge in [-0.25, -0.2) is 5.43 Å². The molecule has 0 heterocycles. The van der Waals surface area contributed by atoms with E-state index in [0.29, 0.717) is 23.8 Å². The highest BCUT2D eigenvalue weighted by atomic mass is 16.5. The number of nitrogens with one attached hydrogen (secondary N) is 1. The van der Waals surface area contributed by atoms with Crippen molar-refractivity contribution in [3.8, 4) is 5.75 Å². The molecule has 0 aliphatic rings. The van der Waals surface area contributed by atoms with E-state index in [-0.39, 0.29) is 5.91 Å². The number of hydrogen-bond acceptors (Lipinski definition) is 3. The summed E-state index contributed by atoms with van der Waals surface area (Å²) in [5.41, 5.74) is 5.25. The van der Waals surface area contributed by atoms with Gasteiger partial charge in [-0.3, -0.25) is 4.79 Å². The van der Waals surface area contributed by atoms with Crippen molar-refractivity contribution in [2.75, 3.05) is 6.61 Å². The quantitative estimate of drug-likeness (QED) is 0.473. The average molecular weight is 322 g/mol. The average Bonchev–Trinajstić information content (AvgIpc) is 2.60. The lowest BCUT2D eigenvalue weighted by molar-refractivity contribution is 0.0955. The molecular weight excluding hydrogens is 300 g/mol. The van der Waals surface area contributed by atoms with Gasteiger partial charge < -0.3 is 4.74 Å². The Morgan fingerprint density at radius 2 is 1.83 bits per heavy atom. The third-order valence-electron chi connectivity index (χ3n) is 3.47. The van der Waals surface area contributed by atoms with Crippen molar-refractivity contribution in [3.05, 3.63) is 77.9 Å². The number of nitrogens with zero attached hydrogens (tertiary/aromatic N) is 1. The Morgan fingerprint density at radius 3 is 2.42 bits per heavy atom. The number of benzene rings is 2. The number of rotatable bonds is 7. The molecule has 0 atom stereocenters. The Labute approximate surface area is 142 Å². The fourth-order valence-corrected chi connectivity index (χ4v) is 2.05. The molecular formula is C20H22N2O2. The molecule has 1 amide bonds. The van der Waals surface area contributed by atoms with E-state index in [1.807, 2.05) is 12.1 Å². The molecule has 0 unspecified atom stereocenters. The summed E-state index contributed by atoms with van der Waals surface area (Å²) in [6, 6.07) is 15.0. The summed E-state index contributed by atoms with van der Waals surface area (Å²) in [6.45, 7) is 8.32. The first-order chi connectivity index (χ1) is 11.6. The number of hydrogen-bond donors (Lipinski definition) is 1. The summed E-state index contributed by atoms with van der Waals surface area (Å²) in [6.07, 6.45) is 3.30. The van der Waals surface area contributed by atoms with Gasteiger partial charge in [0.1, 0.15) is 12.4 Å². The molecule has 0 saturated carbocycles. The minimum atomic E-state index is -0.264. The first-order valence-electron chi connectivity index (χ1n) is 7.87. The first kappa shape index (κ1) is 17.5. The van der Waals surface area contributed by atoms with Crippen molar-refractivity contribution >= 4 is 12.1 Å². The van der Waals surface area contributed by atoms with Crippen molar-refractivity contribution in [1.82, 2.24) is 5.43 Å². The minimum Gasteiger partial charge on any atom is -0.490 e. The van der Waals surface area contributed by atoms with E-state index in [4.69, 9.17) is 4.74 Å². The molecule has 0 spiro atoms. The molecule has 0 saturated heterocycles. The zero-order chi connectivity index (χ0) is 17.4. The van der Waals surface area contributed by atoms with Gasteiger partial charge in [-0.2, -0.15) is 5.10 Å². The predicted octanol–water partition coefficient (Wildman–Crippen LogP) is 4.14. The molecule has 4 heteroatoms.